The highest BCUT2D eigenvalue weighted by Gasteiger charge is 2.23. The van der Waals surface area contributed by atoms with Gasteiger partial charge in [-0.15, -0.1) is 0 Å². The van der Waals surface area contributed by atoms with Crippen LogP contribution in [0.25, 0.3) is 0 Å². The van der Waals surface area contributed by atoms with Gasteiger partial charge in [0.05, 0.1) is 17.4 Å². The van der Waals surface area contributed by atoms with E-state index in [9.17, 15) is 9.59 Å². The second kappa shape index (κ2) is 8.11. The van der Waals surface area contributed by atoms with Crippen LogP contribution in [0.3, 0.4) is 0 Å². The van der Waals surface area contributed by atoms with Crippen LogP contribution >= 0.6 is 0 Å². The van der Waals surface area contributed by atoms with Gasteiger partial charge in [-0.25, -0.2) is 0 Å². The summed E-state index contributed by atoms with van der Waals surface area (Å²) in [6, 6.07) is 5.40. The van der Waals surface area contributed by atoms with E-state index in [1.165, 1.54) is 6.42 Å². The molecule has 0 bridgehead atoms. The van der Waals surface area contributed by atoms with Crippen molar-refractivity contribution in [2.75, 3.05) is 19.0 Å². The van der Waals surface area contributed by atoms with Gasteiger partial charge in [-0.05, 0) is 37.3 Å². The highest BCUT2D eigenvalue weighted by Crippen LogP contribution is 2.26. The maximum Gasteiger partial charge on any atom is 0.253 e. The van der Waals surface area contributed by atoms with E-state index in [1.54, 1.807) is 13.1 Å². The van der Waals surface area contributed by atoms with E-state index in [4.69, 9.17) is 4.74 Å². The van der Waals surface area contributed by atoms with Crippen molar-refractivity contribution in [3.05, 3.63) is 29.3 Å². The van der Waals surface area contributed by atoms with Crippen molar-refractivity contribution in [2.45, 2.75) is 45.6 Å². The molecule has 2 rings (SSSR count). The Kier molecular flexibility index (Phi) is 6.16. The molecule has 126 valence electrons. The Labute approximate surface area is 137 Å². The summed E-state index contributed by atoms with van der Waals surface area (Å²) in [6.45, 7) is 4.04. The van der Waals surface area contributed by atoms with Gasteiger partial charge in [-0.3, -0.25) is 9.59 Å². The van der Waals surface area contributed by atoms with Crippen molar-refractivity contribution in [1.82, 2.24) is 5.32 Å². The lowest BCUT2D eigenvalue weighted by molar-refractivity contribution is -0.124. The lowest BCUT2D eigenvalue weighted by atomic mass is 9.88. The van der Waals surface area contributed by atoms with Crippen LogP contribution in [0.5, 0.6) is 0 Å². The van der Waals surface area contributed by atoms with Crippen LogP contribution < -0.4 is 10.6 Å². The smallest absolute Gasteiger partial charge is 0.253 e. The SMILES string of the molecule is CNC(=O)c1c(C)cccc1NC(=O)CO[C@H]1CCCC[C@@H]1C. The molecule has 2 atom stereocenters. The van der Waals surface area contributed by atoms with Gasteiger partial charge in [0.2, 0.25) is 5.91 Å². The lowest BCUT2D eigenvalue weighted by Gasteiger charge is -2.28. The summed E-state index contributed by atoms with van der Waals surface area (Å²) < 4.78 is 5.77. The van der Waals surface area contributed by atoms with Gasteiger partial charge in [0.1, 0.15) is 6.61 Å². The molecule has 1 aliphatic rings. The fourth-order valence-corrected chi connectivity index (χ4v) is 3.10. The number of nitrogens with one attached hydrogen (secondary N) is 2. The monoisotopic (exact) mass is 318 g/mol. The zero-order chi connectivity index (χ0) is 16.8. The second-order valence-corrected chi connectivity index (χ2v) is 6.24. The van der Waals surface area contributed by atoms with Crippen molar-refractivity contribution in [2.24, 2.45) is 5.92 Å². The number of carbonyl (C=O) groups is 2. The molecule has 1 saturated carbocycles. The first-order valence-electron chi connectivity index (χ1n) is 8.26. The Bertz CT molecular complexity index is 571. The number of carbonyl (C=O) groups excluding carboxylic acids is 2. The Morgan fingerprint density at radius 2 is 2.00 bits per heavy atom. The molecule has 5 heteroatoms. The van der Waals surface area contributed by atoms with Crippen molar-refractivity contribution in [3.8, 4) is 0 Å². The number of aryl methyl sites for hydroxylation is 1. The number of amides is 2. The molecule has 0 aromatic heterocycles. The largest absolute Gasteiger partial charge is 0.368 e. The quantitative estimate of drug-likeness (QED) is 0.877. The maximum atomic E-state index is 12.2. The molecule has 2 amide bonds. The first-order chi connectivity index (χ1) is 11.0. The average molecular weight is 318 g/mol. The first-order valence-corrected chi connectivity index (χ1v) is 8.26. The standard InChI is InChI=1S/C18H26N2O3/c1-12-7-4-5-10-15(12)23-11-16(21)20-14-9-6-8-13(2)17(14)18(22)19-3/h6,8-9,12,15H,4-5,7,10-11H2,1-3H3,(H,19,22)(H,20,21)/t12-,15-/m0/s1. The van der Waals surface area contributed by atoms with Gasteiger partial charge >= 0.3 is 0 Å². The minimum absolute atomic E-state index is 0.0239. The number of rotatable bonds is 5. The van der Waals surface area contributed by atoms with E-state index in [0.29, 0.717) is 17.2 Å². The fourth-order valence-electron chi connectivity index (χ4n) is 3.10. The van der Waals surface area contributed by atoms with E-state index < -0.39 is 0 Å². The Hall–Kier alpha value is -1.88. The topological polar surface area (TPSA) is 67.4 Å². The van der Waals surface area contributed by atoms with Crippen LogP contribution in [0.2, 0.25) is 0 Å². The summed E-state index contributed by atoms with van der Waals surface area (Å²) in [6.07, 6.45) is 4.74. The van der Waals surface area contributed by atoms with E-state index in [-0.39, 0.29) is 24.5 Å². The number of hydrogen-bond donors (Lipinski definition) is 2. The summed E-state index contributed by atoms with van der Waals surface area (Å²) in [5.74, 6) is 0.0655. The fraction of sp³-hybridized carbons (Fsp3) is 0.556. The Morgan fingerprint density at radius 3 is 2.70 bits per heavy atom. The highest BCUT2D eigenvalue weighted by molar-refractivity contribution is 6.04. The average Bonchev–Trinajstić information content (AvgIpc) is 2.53. The van der Waals surface area contributed by atoms with Crippen LogP contribution in [0.4, 0.5) is 5.69 Å². The summed E-state index contributed by atoms with van der Waals surface area (Å²) in [5.41, 5.74) is 1.84. The van der Waals surface area contributed by atoms with Gasteiger partial charge in [-0.1, -0.05) is 31.9 Å². The number of ether oxygens (including phenoxy) is 1. The van der Waals surface area contributed by atoms with Crippen molar-refractivity contribution in [3.63, 3.8) is 0 Å². The van der Waals surface area contributed by atoms with Gasteiger partial charge in [0.25, 0.3) is 5.91 Å². The summed E-state index contributed by atoms with van der Waals surface area (Å²) in [5, 5.41) is 5.40. The van der Waals surface area contributed by atoms with Crippen LogP contribution in [0.15, 0.2) is 18.2 Å². The molecule has 0 aliphatic heterocycles. The van der Waals surface area contributed by atoms with Crippen LogP contribution in [0.1, 0.15) is 48.5 Å². The molecule has 1 fully saturated rings. The van der Waals surface area contributed by atoms with Crippen LogP contribution in [-0.2, 0) is 9.53 Å². The molecule has 1 aromatic rings. The van der Waals surface area contributed by atoms with Gasteiger partial charge in [0.15, 0.2) is 0 Å². The van der Waals surface area contributed by atoms with Crippen molar-refractivity contribution in [1.29, 1.82) is 0 Å². The molecule has 1 aromatic carbocycles. The minimum atomic E-state index is -0.224. The molecule has 2 N–H and O–H groups in total. The predicted octanol–water partition coefficient (Wildman–Crippen LogP) is 2.89. The number of benzene rings is 1. The van der Waals surface area contributed by atoms with Crippen molar-refractivity contribution < 1.29 is 14.3 Å². The summed E-state index contributed by atoms with van der Waals surface area (Å²) in [4.78, 5) is 24.2. The molecule has 1 aliphatic carbocycles. The van der Waals surface area contributed by atoms with E-state index in [2.05, 4.69) is 17.6 Å². The maximum absolute atomic E-state index is 12.2. The number of anilines is 1. The second-order valence-electron chi connectivity index (χ2n) is 6.24. The first kappa shape index (κ1) is 17.5. The van der Waals surface area contributed by atoms with Gasteiger partial charge < -0.3 is 15.4 Å². The molecule has 5 nitrogen and oxygen atoms in total. The molecular weight excluding hydrogens is 292 g/mol. The highest BCUT2D eigenvalue weighted by atomic mass is 16.5. The summed E-state index contributed by atoms with van der Waals surface area (Å²) in [7, 11) is 1.58. The van der Waals surface area contributed by atoms with E-state index in [1.807, 2.05) is 19.1 Å². The molecule has 0 saturated heterocycles. The zero-order valence-electron chi connectivity index (χ0n) is 14.1. The third-order valence-corrected chi connectivity index (χ3v) is 4.46. The van der Waals surface area contributed by atoms with E-state index >= 15 is 0 Å². The van der Waals surface area contributed by atoms with Crippen molar-refractivity contribution >= 4 is 17.5 Å². The lowest BCUT2D eigenvalue weighted by Crippen LogP contribution is -2.30. The number of hydrogen-bond acceptors (Lipinski definition) is 3. The van der Waals surface area contributed by atoms with E-state index in [0.717, 1.165) is 24.8 Å². The van der Waals surface area contributed by atoms with Gasteiger partial charge in [0, 0.05) is 7.05 Å². The normalized spacial score (nSPS) is 20.8. The molecule has 23 heavy (non-hydrogen) atoms. The third kappa shape index (κ3) is 4.55. The minimum Gasteiger partial charge on any atom is -0.368 e. The zero-order valence-corrected chi connectivity index (χ0v) is 14.1. The predicted molar refractivity (Wildman–Crippen MR) is 90.6 cm³/mol. The molecule has 0 spiro atoms. The van der Waals surface area contributed by atoms with Crippen LogP contribution in [0, 0.1) is 12.8 Å². The summed E-state index contributed by atoms with van der Waals surface area (Å²) >= 11 is 0. The molecule has 0 radical (unpaired) electrons. The molecular formula is C18H26N2O3. The Morgan fingerprint density at radius 1 is 1.26 bits per heavy atom. The Balaban J connectivity index is 1.97. The molecule has 0 heterocycles. The van der Waals surface area contributed by atoms with Crippen LogP contribution in [-0.4, -0.2) is 31.6 Å². The molecule has 0 unspecified atom stereocenters. The third-order valence-electron chi connectivity index (χ3n) is 4.46. The van der Waals surface area contributed by atoms with Gasteiger partial charge in [-0.2, -0.15) is 0 Å².